The van der Waals surface area contributed by atoms with Gasteiger partial charge >= 0.3 is 0 Å². The van der Waals surface area contributed by atoms with E-state index in [0.717, 1.165) is 0 Å². The van der Waals surface area contributed by atoms with Crippen molar-refractivity contribution in [3.63, 3.8) is 0 Å². The van der Waals surface area contributed by atoms with Crippen molar-refractivity contribution in [2.75, 3.05) is 0 Å². The summed E-state index contributed by atoms with van der Waals surface area (Å²) in [7, 11) is 0. The summed E-state index contributed by atoms with van der Waals surface area (Å²) < 4.78 is 4.81. The third-order valence-corrected chi connectivity index (χ3v) is 10.5. The molecule has 2 heteroatoms. The zero-order valence-corrected chi connectivity index (χ0v) is 26.4. The quantitative estimate of drug-likeness (QED) is 0.191. The van der Waals surface area contributed by atoms with Gasteiger partial charge in [0.25, 0.3) is 0 Å². The Morgan fingerprint density at radius 1 is 0.362 bits per heavy atom. The van der Waals surface area contributed by atoms with Crippen LogP contribution in [0.1, 0.15) is 25.0 Å². The molecule has 2 aromatic heterocycles. The van der Waals surface area contributed by atoms with Crippen molar-refractivity contribution in [2.45, 2.75) is 19.3 Å². The molecule has 2 nitrogen and oxygen atoms in total. The maximum Gasteiger partial charge on any atom is 0.0544 e. The molecule has 1 aliphatic rings. The molecule has 7 aromatic carbocycles. The molecule has 2 heterocycles. The molecule has 1 aliphatic carbocycles. The predicted octanol–water partition coefficient (Wildman–Crippen LogP) is 11.9. The fourth-order valence-electron chi connectivity index (χ4n) is 8.24. The third-order valence-electron chi connectivity index (χ3n) is 10.5. The molecule has 0 N–H and O–H groups in total. The van der Waals surface area contributed by atoms with E-state index < -0.39 is 0 Å². The number of fused-ring (bicyclic) bond motifs is 9. The van der Waals surface area contributed by atoms with E-state index in [2.05, 4.69) is 181 Å². The van der Waals surface area contributed by atoms with Gasteiger partial charge in [-0.05, 0) is 100 Å². The number of benzene rings is 7. The van der Waals surface area contributed by atoms with Crippen LogP contribution < -0.4 is 0 Å². The van der Waals surface area contributed by atoms with Crippen LogP contribution in [0.5, 0.6) is 0 Å². The lowest BCUT2D eigenvalue weighted by atomic mass is 9.81. The van der Waals surface area contributed by atoms with Crippen LogP contribution in [-0.4, -0.2) is 9.13 Å². The second-order valence-electron chi connectivity index (χ2n) is 13.4. The summed E-state index contributed by atoms with van der Waals surface area (Å²) in [5.41, 5.74) is 15.2. The highest BCUT2D eigenvalue weighted by molar-refractivity contribution is 6.12. The van der Waals surface area contributed by atoms with E-state index in [1.54, 1.807) is 0 Å². The summed E-state index contributed by atoms with van der Waals surface area (Å²) in [6.45, 7) is 4.78. The first kappa shape index (κ1) is 26.4. The van der Waals surface area contributed by atoms with Crippen molar-refractivity contribution in [1.29, 1.82) is 0 Å². The van der Waals surface area contributed by atoms with Crippen LogP contribution in [0, 0.1) is 0 Å². The molecule has 47 heavy (non-hydrogen) atoms. The van der Waals surface area contributed by atoms with E-state index >= 15 is 0 Å². The molecule has 0 aliphatic heterocycles. The molecule has 0 spiro atoms. The Kier molecular flexibility index (Phi) is 5.37. The van der Waals surface area contributed by atoms with Crippen LogP contribution in [0.2, 0.25) is 0 Å². The molecule has 0 radical (unpaired) electrons. The minimum absolute atomic E-state index is 0.139. The van der Waals surface area contributed by atoms with E-state index in [4.69, 9.17) is 0 Å². The van der Waals surface area contributed by atoms with Crippen LogP contribution in [0.15, 0.2) is 158 Å². The molecular weight excluding hydrogens is 569 g/mol. The van der Waals surface area contributed by atoms with Crippen LogP contribution in [0.25, 0.3) is 77.2 Å². The van der Waals surface area contributed by atoms with E-state index in [9.17, 15) is 0 Å². The fourth-order valence-corrected chi connectivity index (χ4v) is 8.24. The van der Waals surface area contributed by atoms with Crippen LogP contribution in [-0.2, 0) is 5.41 Å². The van der Waals surface area contributed by atoms with Gasteiger partial charge < -0.3 is 9.13 Å². The summed E-state index contributed by atoms with van der Waals surface area (Å²) in [6.07, 6.45) is 0. The Bertz CT molecular complexity index is 2690. The monoisotopic (exact) mass is 600 g/mol. The molecule has 0 atom stereocenters. The van der Waals surface area contributed by atoms with Crippen LogP contribution in [0.3, 0.4) is 0 Å². The van der Waals surface area contributed by atoms with Gasteiger partial charge in [0.2, 0.25) is 0 Å². The number of nitrogens with zero attached hydrogens (tertiary/aromatic N) is 2. The van der Waals surface area contributed by atoms with Gasteiger partial charge in [-0.1, -0.05) is 105 Å². The van der Waals surface area contributed by atoms with Gasteiger partial charge in [-0.2, -0.15) is 0 Å². The first-order chi connectivity index (χ1) is 23.1. The summed E-state index contributed by atoms with van der Waals surface area (Å²) in [5, 5.41) is 5.15. The second-order valence-corrected chi connectivity index (χ2v) is 13.4. The number of rotatable bonds is 3. The molecule has 9 aromatic rings. The van der Waals surface area contributed by atoms with Crippen molar-refractivity contribution in [3.8, 4) is 33.6 Å². The normalized spacial score (nSPS) is 13.5. The molecule has 0 fully saturated rings. The minimum Gasteiger partial charge on any atom is -0.309 e. The van der Waals surface area contributed by atoms with Gasteiger partial charge in [0.1, 0.15) is 0 Å². The number of hydrogen-bond donors (Lipinski definition) is 0. The average molecular weight is 601 g/mol. The van der Waals surface area contributed by atoms with Crippen molar-refractivity contribution >= 4 is 43.6 Å². The van der Waals surface area contributed by atoms with Crippen molar-refractivity contribution < 1.29 is 0 Å². The van der Waals surface area contributed by atoms with Crippen LogP contribution >= 0.6 is 0 Å². The Morgan fingerprint density at radius 3 is 1.51 bits per heavy atom. The van der Waals surface area contributed by atoms with Crippen molar-refractivity contribution in [1.82, 2.24) is 9.13 Å². The molecule has 0 saturated carbocycles. The van der Waals surface area contributed by atoms with Gasteiger partial charge in [-0.3, -0.25) is 0 Å². The molecule has 222 valence electrons. The van der Waals surface area contributed by atoms with E-state index in [1.807, 2.05) is 0 Å². The molecule has 0 bridgehead atoms. The van der Waals surface area contributed by atoms with Gasteiger partial charge in [0.15, 0.2) is 0 Å². The van der Waals surface area contributed by atoms with E-state index in [0.29, 0.717) is 0 Å². The van der Waals surface area contributed by atoms with Gasteiger partial charge in [-0.25, -0.2) is 0 Å². The lowest BCUT2D eigenvalue weighted by Gasteiger charge is -2.22. The van der Waals surface area contributed by atoms with Crippen molar-refractivity contribution in [2.24, 2.45) is 0 Å². The SMILES string of the molecule is CC1(C)c2cc(-c3ccc4c(c3)c3ccccc3n4-c3ccccc3)ccc2-c2cc3c4ccccc4n(-c4ccccc4)c3cc21. The fraction of sp³-hybridized carbons (Fsp3) is 0.0667. The summed E-state index contributed by atoms with van der Waals surface area (Å²) >= 11 is 0. The standard InChI is InChI=1S/C45H32N2/c1-45(2)39-26-30(29-22-24-43-37(25-29)34-17-9-11-19-41(34)46(43)31-13-5-3-6-14-31)21-23-33(39)36-27-38-35-18-10-12-20-42(35)47(44(38)28-40(36)45)32-15-7-4-8-16-32/h3-28H,1-2H3. The molecule has 0 unspecified atom stereocenters. The zero-order valence-electron chi connectivity index (χ0n) is 26.4. The number of para-hydroxylation sites is 4. The Hall–Kier alpha value is -5.86. The maximum absolute atomic E-state index is 2.46. The molecule has 0 saturated heterocycles. The molecule has 0 amide bonds. The lowest BCUT2D eigenvalue weighted by molar-refractivity contribution is 0.661. The Morgan fingerprint density at radius 2 is 0.851 bits per heavy atom. The Balaban J connectivity index is 1.15. The van der Waals surface area contributed by atoms with E-state index in [1.165, 1.54) is 88.4 Å². The highest BCUT2D eigenvalue weighted by Gasteiger charge is 2.36. The first-order valence-electron chi connectivity index (χ1n) is 16.4. The van der Waals surface area contributed by atoms with Crippen molar-refractivity contribution in [3.05, 3.63) is 169 Å². The average Bonchev–Trinajstić information content (AvgIpc) is 3.71. The van der Waals surface area contributed by atoms with Gasteiger partial charge in [0, 0.05) is 38.3 Å². The summed E-state index contributed by atoms with van der Waals surface area (Å²) in [6, 6.07) is 58.0. The lowest BCUT2D eigenvalue weighted by Crippen LogP contribution is -2.15. The largest absolute Gasteiger partial charge is 0.309 e. The zero-order chi connectivity index (χ0) is 31.3. The smallest absolute Gasteiger partial charge is 0.0544 e. The number of hydrogen-bond acceptors (Lipinski definition) is 0. The van der Waals surface area contributed by atoms with Gasteiger partial charge in [0.05, 0.1) is 22.1 Å². The molecule has 10 rings (SSSR count). The maximum atomic E-state index is 2.46. The van der Waals surface area contributed by atoms with E-state index in [-0.39, 0.29) is 5.41 Å². The summed E-state index contributed by atoms with van der Waals surface area (Å²) in [5.74, 6) is 0. The minimum atomic E-state index is -0.139. The van der Waals surface area contributed by atoms with Gasteiger partial charge in [-0.15, -0.1) is 0 Å². The second kappa shape index (κ2) is 9.57. The summed E-state index contributed by atoms with van der Waals surface area (Å²) in [4.78, 5) is 0. The van der Waals surface area contributed by atoms with Crippen LogP contribution in [0.4, 0.5) is 0 Å². The predicted molar refractivity (Wildman–Crippen MR) is 198 cm³/mol. The topological polar surface area (TPSA) is 9.86 Å². The number of aromatic nitrogens is 2. The first-order valence-corrected chi connectivity index (χ1v) is 16.4. The third kappa shape index (κ3) is 3.67. The Labute approximate surface area is 273 Å². The highest BCUT2D eigenvalue weighted by Crippen LogP contribution is 2.52. The molecular formula is C45H32N2. The highest BCUT2D eigenvalue weighted by atomic mass is 15.0.